The van der Waals surface area contributed by atoms with Crippen molar-refractivity contribution in [3.63, 3.8) is 0 Å². The van der Waals surface area contributed by atoms with Gasteiger partial charge in [-0.15, -0.1) is 0 Å². The van der Waals surface area contributed by atoms with Crippen LogP contribution >= 0.6 is 23.2 Å². The van der Waals surface area contributed by atoms with E-state index in [2.05, 4.69) is 41.7 Å². The fourth-order valence-electron chi connectivity index (χ4n) is 4.76. The van der Waals surface area contributed by atoms with Crippen molar-refractivity contribution in [3.8, 4) is 0 Å². The highest BCUT2D eigenvalue weighted by atomic mass is 35.5. The summed E-state index contributed by atoms with van der Waals surface area (Å²) >= 11 is 12.5. The van der Waals surface area contributed by atoms with E-state index in [4.69, 9.17) is 34.3 Å². The molecule has 3 nitrogen and oxygen atoms in total. The second-order valence-corrected chi connectivity index (χ2v) is 8.37. The van der Waals surface area contributed by atoms with E-state index in [1.54, 1.807) is 0 Å². The van der Waals surface area contributed by atoms with Crippen LogP contribution in [0.25, 0.3) is 0 Å². The van der Waals surface area contributed by atoms with Crippen molar-refractivity contribution in [2.24, 2.45) is 11.7 Å². The maximum absolute atomic E-state index is 7.83. The van der Waals surface area contributed by atoms with Crippen LogP contribution in [0.15, 0.2) is 60.7 Å². The highest BCUT2D eigenvalue weighted by Gasteiger charge is 2.43. The van der Waals surface area contributed by atoms with Gasteiger partial charge in [-0.05, 0) is 64.9 Å². The number of halogens is 2. The van der Waals surface area contributed by atoms with E-state index in [-0.39, 0.29) is 17.8 Å². The third-order valence-electron chi connectivity index (χ3n) is 6.01. The highest BCUT2D eigenvalue weighted by Crippen LogP contribution is 2.54. The zero-order valence-electron chi connectivity index (χ0n) is 15.0. The van der Waals surface area contributed by atoms with Crippen molar-refractivity contribution in [1.82, 2.24) is 0 Å². The van der Waals surface area contributed by atoms with E-state index in [0.29, 0.717) is 16.0 Å². The molecule has 0 spiro atoms. The summed E-state index contributed by atoms with van der Waals surface area (Å²) in [6.07, 6.45) is 0.989. The van der Waals surface area contributed by atoms with E-state index >= 15 is 0 Å². The molecule has 28 heavy (non-hydrogen) atoms. The van der Waals surface area contributed by atoms with Gasteiger partial charge in [-0.2, -0.15) is 0 Å². The van der Waals surface area contributed by atoms with Crippen LogP contribution in [0.2, 0.25) is 10.0 Å². The first kappa shape index (κ1) is 17.6. The van der Waals surface area contributed by atoms with Crippen LogP contribution in [0, 0.1) is 11.3 Å². The van der Waals surface area contributed by atoms with Gasteiger partial charge in [0.25, 0.3) is 0 Å². The SMILES string of the molecule is N=C(N)c1ccc2c(c1)C1c3ccccc3CC1C(c1ccc(Cl)c(Cl)c1)N2. The van der Waals surface area contributed by atoms with Gasteiger partial charge in [0.05, 0.1) is 16.1 Å². The number of benzene rings is 3. The molecule has 2 aliphatic rings. The number of rotatable bonds is 2. The van der Waals surface area contributed by atoms with Gasteiger partial charge in [0.15, 0.2) is 0 Å². The smallest absolute Gasteiger partial charge is 0.122 e. The zero-order chi connectivity index (χ0) is 19.4. The number of fused-ring (bicyclic) bond motifs is 5. The molecule has 5 rings (SSSR count). The van der Waals surface area contributed by atoms with Gasteiger partial charge in [-0.3, -0.25) is 5.41 Å². The summed E-state index contributed by atoms with van der Waals surface area (Å²) in [5.74, 6) is 0.702. The summed E-state index contributed by atoms with van der Waals surface area (Å²) in [7, 11) is 0. The largest absolute Gasteiger partial charge is 0.384 e. The van der Waals surface area contributed by atoms with Crippen LogP contribution in [0.5, 0.6) is 0 Å². The van der Waals surface area contributed by atoms with Crippen LogP contribution in [0.4, 0.5) is 5.69 Å². The number of hydrogen-bond acceptors (Lipinski definition) is 2. The van der Waals surface area contributed by atoms with Crippen molar-refractivity contribution in [1.29, 1.82) is 5.41 Å². The molecule has 140 valence electrons. The molecular weight excluding hydrogens is 389 g/mol. The first-order valence-corrected chi connectivity index (χ1v) is 10.1. The summed E-state index contributed by atoms with van der Waals surface area (Å²) in [4.78, 5) is 0. The lowest BCUT2D eigenvalue weighted by Gasteiger charge is -2.38. The zero-order valence-corrected chi connectivity index (χ0v) is 16.6. The molecule has 0 fully saturated rings. The summed E-state index contributed by atoms with van der Waals surface area (Å²) in [5, 5.41) is 12.7. The number of nitrogen functional groups attached to an aromatic ring is 1. The fraction of sp³-hybridized carbons (Fsp3) is 0.174. The van der Waals surface area contributed by atoms with E-state index < -0.39 is 0 Å². The average Bonchev–Trinajstić information content (AvgIpc) is 3.09. The fourth-order valence-corrected chi connectivity index (χ4v) is 5.07. The predicted molar refractivity (Wildman–Crippen MR) is 116 cm³/mol. The first-order valence-electron chi connectivity index (χ1n) is 9.30. The summed E-state index contributed by atoms with van der Waals surface area (Å²) < 4.78 is 0. The third-order valence-corrected chi connectivity index (χ3v) is 6.75. The molecule has 3 aromatic rings. The van der Waals surface area contributed by atoms with E-state index in [1.807, 2.05) is 24.3 Å². The monoisotopic (exact) mass is 407 g/mol. The summed E-state index contributed by atoms with van der Waals surface area (Å²) in [5.41, 5.74) is 12.7. The predicted octanol–water partition coefficient (Wildman–Crippen LogP) is 5.75. The van der Waals surface area contributed by atoms with Crippen molar-refractivity contribution in [3.05, 3.63) is 98.5 Å². The van der Waals surface area contributed by atoms with Gasteiger partial charge in [-0.1, -0.05) is 53.5 Å². The second kappa shape index (κ2) is 6.54. The van der Waals surface area contributed by atoms with Crippen LogP contribution in [-0.4, -0.2) is 5.84 Å². The minimum absolute atomic E-state index is 0.0947. The normalized spacial score (nSPS) is 22.0. The van der Waals surface area contributed by atoms with Crippen molar-refractivity contribution in [2.45, 2.75) is 18.4 Å². The quantitative estimate of drug-likeness (QED) is 0.374. The number of anilines is 1. The van der Waals surface area contributed by atoms with Gasteiger partial charge >= 0.3 is 0 Å². The highest BCUT2D eigenvalue weighted by molar-refractivity contribution is 6.42. The maximum atomic E-state index is 7.83. The van der Waals surface area contributed by atoms with Crippen molar-refractivity contribution >= 4 is 34.7 Å². The van der Waals surface area contributed by atoms with Gasteiger partial charge in [-0.25, -0.2) is 0 Å². The lowest BCUT2D eigenvalue weighted by atomic mass is 9.75. The summed E-state index contributed by atoms with van der Waals surface area (Å²) in [6, 6.07) is 20.7. The number of amidine groups is 1. The van der Waals surface area contributed by atoms with Crippen LogP contribution in [-0.2, 0) is 6.42 Å². The molecular formula is C23H19Cl2N3. The molecule has 1 heterocycles. The second-order valence-electron chi connectivity index (χ2n) is 7.56. The molecule has 3 atom stereocenters. The van der Waals surface area contributed by atoms with E-state index in [9.17, 15) is 0 Å². The number of nitrogens with one attached hydrogen (secondary N) is 2. The van der Waals surface area contributed by atoms with Crippen LogP contribution in [0.1, 0.15) is 39.8 Å². The molecule has 0 bridgehead atoms. The Morgan fingerprint density at radius 1 is 0.964 bits per heavy atom. The molecule has 4 N–H and O–H groups in total. The minimum atomic E-state index is 0.0947. The Bertz CT molecular complexity index is 1110. The number of nitrogens with two attached hydrogens (primary N) is 1. The molecule has 0 saturated heterocycles. The first-order chi connectivity index (χ1) is 13.5. The Balaban J connectivity index is 1.68. The van der Waals surface area contributed by atoms with E-state index in [1.165, 1.54) is 16.7 Å². The lowest BCUT2D eigenvalue weighted by Crippen LogP contribution is -2.30. The topological polar surface area (TPSA) is 61.9 Å². The van der Waals surface area contributed by atoms with Crippen molar-refractivity contribution in [2.75, 3.05) is 5.32 Å². The third kappa shape index (κ3) is 2.69. The summed E-state index contributed by atoms with van der Waals surface area (Å²) in [6.45, 7) is 0. The van der Waals surface area contributed by atoms with E-state index in [0.717, 1.165) is 23.2 Å². The molecule has 3 aromatic carbocycles. The molecule has 3 unspecified atom stereocenters. The van der Waals surface area contributed by atoms with Crippen molar-refractivity contribution < 1.29 is 0 Å². The molecule has 1 aliphatic heterocycles. The molecule has 0 aromatic heterocycles. The minimum Gasteiger partial charge on any atom is -0.384 e. The Hall–Kier alpha value is -2.49. The Labute approximate surface area is 174 Å². The maximum Gasteiger partial charge on any atom is 0.122 e. The van der Waals surface area contributed by atoms with Gasteiger partial charge in [0.2, 0.25) is 0 Å². The molecule has 0 amide bonds. The molecule has 0 saturated carbocycles. The Kier molecular flexibility index (Phi) is 4.11. The number of hydrogen-bond donors (Lipinski definition) is 3. The molecule has 1 aliphatic carbocycles. The van der Waals surface area contributed by atoms with Gasteiger partial charge in [0, 0.05) is 17.2 Å². The van der Waals surface area contributed by atoms with Crippen LogP contribution in [0.3, 0.4) is 0 Å². The Morgan fingerprint density at radius 2 is 1.79 bits per heavy atom. The average molecular weight is 408 g/mol. The van der Waals surface area contributed by atoms with Gasteiger partial charge < -0.3 is 11.1 Å². The standard InChI is InChI=1S/C23H19Cl2N3/c24-18-7-5-13(11-19(18)25)22-17-9-12-3-1-2-4-15(12)21(17)16-10-14(23(26)27)6-8-20(16)28-22/h1-8,10-11,17,21-22,28H,9H2,(H3,26,27). The molecule has 0 radical (unpaired) electrons. The lowest BCUT2D eigenvalue weighted by molar-refractivity contribution is 0.421. The van der Waals surface area contributed by atoms with Crippen LogP contribution < -0.4 is 11.1 Å². The van der Waals surface area contributed by atoms with Gasteiger partial charge in [0.1, 0.15) is 5.84 Å². The Morgan fingerprint density at radius 3 is 2.57 bits per heavy atom. The molecule has 5 heteroatoms.